The van der Waals surface area contributed by atoms with Crippen LogP contribution in [0.3, 0.4) is 0 Å². The monoisotopic (exact) mass is 431 g/mol. The number of hydrogen-bond donors (Lipinski definition) is 0. The van der Waals surface area contributed by atoms with Crippen molar-refractivity contribution >= 4 is 68.9 Å². The van der Waals surface area contributed by atoms with Crippen molar-refractivity contribution in [3.8, 4) is 0 Å². The molecule has 0 atom stereocenters. The van der Waals surface area contributed by atoms with Crippen molar-refractivity contribution < 1.29 is 14.0 Å². The van der Waals surface area contributed by atoms with Crippen LogP contribution in [0.4, 0.5) is 10.5 Å². The van der Waals surface area contributed by atoms with Gasteiger partial charge in [0, 0.05) is 11.1 Å². The van der Waals surface area contributed by atoms with Gasteiger partial charge in [-0.15, -0.1) is 0 Å². The van der Waals surface area contributed by atoms with Crippen LogP contribution >= 0.6 is 46.0 Å². The summed E-state index contributed by atoms with van der Waals surface area (Å²) in [4.78, 5) is 25.8. The van der Waals surface area contributed by atoms with Gasteiger partial charge in [0.1, 0.15) is 5.76 Å². The second-order valence-corrected chi connectivity index (χ2v) is 6.63. The minimum atomic E-state index is -0.362. The molecule has 0 unspecified atom stereocenters. The summed E-state index contributed by atoms with van der Waals surface area (Å²) in [5, 5.41) is 0.209. The Bertz CT molecular complexity index is 754. The van der Waals surface area contributed by atoms with Crippen LogP contribution < -0.4 is 4.90 Å². The molecule has 106 valence electrons. The van der Waals surface area contributed by atoms with E-state index in [1.807, 2.05) is 22.6 Å². The molecule has 1 aromatic heterocycles. The summed E-state index contributed by atoms with van der Waals surface area (Å²) in [6.45, 7) is 0. The summed E-state index contributed by atoms with van der Waals surface area (Å²) in [7, 11) is 0. The third kappa shape index (κ3) is 3.02. The van der Waals surface area contributed by atoms with Crippen LogP contribution in [-0.4, -0.2) is 11.1 Å². The smallest absolute Gasteiger partial charge is 0.298 e. The molecule has 1 aliphatic heterocycles. The summed E-state index contributed by atoms with van der Waals surface area (Å²) in [5.41, 5.74) is 0.499. The zero-order chi connectivity index (χ0) is 15.0. The lowest BCUT2D eigenvalue weighted by Gasteiger charge is -2.11. The minimum absolute atomic E-state index is 0.334. The topological polar surface area (TPSA) is 50.5 Å². The van der Waals surface area contributed by atoms with Crippen LogP contribution in [0, 0.1) is 3.77 Å². The quantitative estimate of drug-likeness (QED) is 0.507. The van der Waals surface area contributed by atoms with Gasteiger partial charge in [-0.1, -0.05) is 11.6 Å². The highest BCUT2D eigenvalue weighted by Gasteiger charge is 2.36. The van der Waals surface area contributed by atoms with Crippen molar-refractivity contribution in [2.24, 2.45) is 0 Å². The first-order chi connectivity index (χ1) is 10.0. The predicted molar refractivity (Wildman–Crippen MR) is 91.3 cm³/mol. The number of halogens is 2. The number of thioether (sulfide) groups is 1. The van der Waals surface area contributed by atoms with Crippen molar-refractivity contribution in [2.75, 3.05) is 4.90 Å². The molecule has 2 heterocycles. The number of imide groups is 1. The second-order valence-electron chi connectivity index (χ2n) is 4.14. The summed E-state index contributed by atoms with van der Waals surface area (Å²) < 4.78 is 6.10. The molecule has 0 bridgehead atoms. The zero-order valence-electron chi connectivity index (χ0n) is 10.4. The van der Waals surface area contributed by atoms with E-state index in [0.717, 1.165) is 20.4 Å². The molecule has 2 aromatic rings. The van der Waals surface area contributed by atoms with Gasteiger partial charge in [-0.25, -0.2) is 4.90 Å². The lowest BCUT2D eigenvalue weighted by Crippen LogP contribution is -2.27. The minimum Gasteiger partial charge on any atom is -0.451 e. The third-order valence-electron chi connectivity index (χ3n) is 2.75. The Labute approximate surface area is 143 Å². The van der Waals surface area contributed by atoms with Gasteiger partial charge in [0.2, 0.25) is 0 Å². The molecule has 3 rings (SSSR count). The number of nitrogens with zero attached hydrogens (tertiary/aromatic N) is 1. The maximum absolute atomic E-state index is 12.4. The fourth-order valence-electron chi connectivity index (χ4n) is 1.82. The normalized spacial score (nSPS) is 17.0. The molecule has 21 heavy (non-hydrogen) atoms. The molecule has 1 fully saturated rings. The third-order valence-corrected chi connectivity index (χ3v) is 4.45. The van der Waals surface area contributed by atoms with Gasteiger partial charge in [0.05, 0.1) is 10.6 Å². The van der Waals surface area contributed by atoms with Gasteiger partial charge in [-0.2, -0.15) is 0 Å². The highest BCUT2D eigenvalue weighted by Crippen LogP contribution is 2.36. The Balaban J connectivity index is 1.92. The number of anilines is 1. The molecule has 0 N–H and O–H groups in total. The zero-order valence-corrected chi connectivity index (χ0v) is 14.1. The van der Waals surface area contributed by atoms with Gasteiger partial charge in [-0.05, 0) is 70.8 Å². The van der Waals surface area contributed by atoms with Crippen molar-refractivity contribution in [3.63, 3.8) is 0 Å². The first-order valence-corrected chi connectivity index (χ1v) is 8.11. The van der Waals surface area contributed by atoms with E-state index in [2.05, 4.69) is 0 Å². The highest BCUT2D eigenvalue weighted by atomic mass is 127. The van der Waals surface area contributed by atoms with E-state index in [4.69, 9.17) is 16.0 Å². The van der Waals surface area contributed by atoms with Crippen molar-refractivity contribution in [1.82, 2.24) is 0 Å². The van der Waals surface area contributed by atoms with E-state index < -0.39 is 0 Å². The second kappa shape index (κ2) is 5.86. The van der Waals surface area contributed by atoms with Crippen LogP contribution in [0.15, 0.2) is 45.7 Å². The van der Waals surface area contributed by atoms with Crippen LogP contribution in [0.2, 0.25) is 5.02 Å². The molecule has 0 spiro atoms. The average molecular weight is 432 g/mol. The predicted octanol–water partition coefficient (Wildman–Crippen LogP) is 4.78. The number of benzene rings is 1. The first-order valence-electron chi connectivity index (χ1n) is 5.83. The molecule has 2 amide bonds. The van der Waals surface area contributed by atoms with E-state index in [-0.39, 0.29) is 11.1 Å². The maximum Gasteiger partial charge on any atom is 0.298 e. The van der Waals surface area contributed by atoms with Crippen LogP contribution in [-0.2, 0) is 4.79 Å². The van der Waals surface area contributed by atoms with Crippen molar-refractivity contribution in [2.45, 2.75) is 0 Å². The summed E-state index contributed by atoms with van der Waals surface area (Å²) >= 11 is 8.73. The van der Waals surface area contributed by atoms with Crippen LogP contribution in [0.25, 0.3) is 6.08 Å². The van der Waals surface area contributed by atoms with E-state index >= 15 is 0 Å². The summed E-state index contributed by atoms with van der Waals surface area (Å²) in [6.07, 6.45) is 1.57. The van der Waals surface area contributed by atoms with E-state index in [1.165, 1.54) is 0 Å². The molecule has 4 nitrogen and oxygen atoms in total. The highest BCUT2D eigenvalue weighted by molar-refractivity contribution is 14.1. The first kappa shape index (κ1) is 14.7. The van der Waals surface area contributed by atoms with Crippen molar-refractivity contribution in [1.29, 1.82) is 0 Å². The van der Waals surface area contributed by atoms with Gasteiger partial charge in [0.15, 0.2) is 3.77 Å². The lowest BCUT2D eigenvalue weighted by atomic mass is 10.3. The molecule has 0 saturated carbocycles. The SMILES string of the molecule is O=C1SC(=Cc2ccc(I)o2)C(=O)N1c1ccc(Cl)cc1. The Morgan fingerprint density at radius 3 is 2.48 bits per heavy atom. The van der Waals surface area contributed by atoms with Gasteiger partial charge < -0.3 is 4.42 Å². The number of carbonyl (C=O) groups is 2. The van der Waals surface area contributed by atoms with Crippen LogP contribution in [0.1, 0.15) is 5.76 Å². The number of hydrogen-bond acceptors (Lipinski definition) is 4. The Morgan fingerprint density at radius 1 is 1.14 bits per heavy atom. The lowest BCUT2D eigenvalue weighted by molar-refractivity contribution is -0.113. The molecular weight excluding hydrogens is 425 g/mol. The molecule has 1 aromatic carbocycles. The average Bonchev–Trinajstić information content (AvgIpc) is 2.96. The van der Waals surface area contributed by atoms with Gasteiger partial charge in [-0.3, -0.25) is 9.59 Å². The largest absolute Gasteiger partial charge is 0.451 e. The standard InChI is InChI=1S/C14H7ClINO3S/c15-8-1-3-9(4-2-8)17-13(18)11(21-14(17)19)7-10-5-6-12(16)20-10/h1-7H. The number of furan rings is 1. The molecular formula is C14H7ClINO3S. The molecule has 1 saturated heterocycles. The van der Waals surface area contributed by atoms with E-state index in [0.29, 0.717) is 21.4 Å². The molecule has 0 aliphatic carbocycles. The van der Waals surface area contributed by atoms with Crippen LogP contribution in [0.5, 0.6) is 0 Å². The molecule has 7 heteroatoms. The molecule has 1 aliphatic rings. The van der Waals surface area contributed by atoms with E-state index in [1.54, 1.807) is 42.5 Å². The Morgan fingerprint density at radius 2 is 1.86 bits per heavy atom. The number of rotatable bonds is 2. The van der Waals surface area contributed by atoms with Gasteiger partial charge >= 0.3 is 0 Å². The fraction of sp³-hybridized carbons (Fsp3) is 0. The van der Waals surface area contributed by atoms with Crippen molar-refractivity contribution in [3.05, 3.63) is 55.9 Å². The Hall–Kier alpha value is -1.25. The summed E-state index contributed by atoms with van der Waals surface area (Å²) in [6, 6.07) is 10.1. The number of carbonyl (C=O) groups excluding carboxylic acids is 2. The number of amides is 2. The fourth-order valence-corrected chi connectivity index (χ4v) is 3.20. The Kier molecular flexibility index (Phi) is 4.10. The van der Waals surface area contributed by atoms with E-state index in [9.17, 15) is 9.59 Å². The van der Waals surface area contributed by atoms with Gasteiger partial charge in [0.25, 0.3) is 11.1 Å². The maximum atomic E-state index is 12.4. The summed E-state index contributed by atoms with van der Waals surface area (Å²) in [5.74, 6) is 0.180. The molecule has 0 radical (unpaired) electrons.